The molecule has 12 nitrogen and oxygen atoms in total. The largest absolute Gasteiger partial charge is 0.465 e. The van der Waals surface area contributed by atoms with E-state index in [1.807, 2.05) is 13.8 Å². The predicted octanol–water partition coefficient (Wildman–Crippen LogP) is 6.98. The molecule has 15 heteroatoms. The Kier molecular flexibility index (Phi) is 12.4. The molecule has 2 aliphatic rings. The van der Waals surface area contributed by atoms with Crippen LogP contribution in [0.2, 0.25) is 23.2 Å². The van der Waals surface area contributed by atoms with Crippen LogP contribution in [-0.4, -0.2) is 82.7 Å². The van der Waals surface area contributed by atoms with Gasteiger partial charge in [-0.2, -0.15) is 5.10 Å². The van der Waals surface area contributed by atoms with Crippen LogP contribution in [0.5, 0.6) is 0 Å². The summed E-state index contributed by atoms with van der Waals surface area (Å²) < 4.78 is 26.7. The van der Waals surface area contributed by atoms with E-state index < -0.39 is 19.5 Å². The van der Waals surface area contributed by atoms with Gasteiger partial charge in [0.05, 0.1) is 37.1 Å². The standard InChI is InChI=1S/C37H51ClFN7O5Si/c1-36(2,3)52(6,7)51-19-31-30(17-29(44-45-31)27-16-25(38)8-9-28(27)39)42-32-18-33(41-22-40-32)43-34(48)24-14-26(15-24)46-12-10-23(11-13-46)35(49)50-21-37(4,5)20-47/h8-9,16-18,22-24,26,47H,10-15,19-21H2,1-7H3,(H2,40,41,42,43,44,48). The molecule has 1 aliphatic carbocycles. The summed E-state index contributed by atoms with van der Waals surface area (Å²) in [5.41, 5.74) is 1.08. The molecule has 5 rings (SSSR count). The number of carbonyl (C=O) groups is 2. The first-order valence-electron chi connectivity index (χ1n) is 17.8. The number of hydrogen-bond acceptors (Lipinski definition) is 11. The van der Waals surface area contributed by atoms with Gasteiger partial charge >= 0.3 is 5.97 Å². The molecule has 3 aromatic rings. The third kappa shape index (κ3) is 9.89. The summed E-state index contributed by atoms with van der Waals surface area (Å²) in [6.45, 7) is 16.4. The highest BCUT2D eigenvalue weighted by Gasteiger charge is 2.40. The quantitative estimate of drug-likeness (QED) is 0.122. The fourth-order valence-corrected chi connectivity index (χ4v) is 6.92. The zero-order valence-corrected chi connectivity index (χ0v) is 32.9. The zero-order valence-electron chi connectivity index (χ0n) is 31.1. The Balaban J connectivity index is 1.20. The number of aromatic nitrogens is 4. The lowest BCUT2D eigenvalue weighted by Crippen LogP contribution is -2.51. The molecule has 1 amide bonds. The molecule has 0 radical (unpaired) electrons. The number of aliphatic hydroxyl groups is 1. The van der Waals surface area contributed by atoms with Gasteiger partial charge in [0.1, 0.15) is 29.5 Å². The first-order chi connectivity index (χ1) is 24.4. The fourth-order valence-electron chi connectivity index (χ4n) is 5.81. The van der Waals surface area contributed by atoms with Gasteiger partial charge in [0.15, 0.2) is 8.32 Å². The van der Waals surface area contributed by atoms with Gasteiger partial charge in [-0.25, -0.2) is 14.4 Å². The number of nitrogens with zero attached hydrogens (tertiary/aromatic N) is 5. The fraction of sp³-hybridized carbons (Fsp3) is 0.568. The number of hydrogen-bond donors (Lipinski definition) is 3. The Morgan fingerprint density at radius 3 is 2.38 bits per heavy atom. The van der Waals surface area contributed by atoms with Crippen molar-refractivity contribution in [1.29, 1.82) is 0 Å². The van der Waals surface area contributed by atoms with Crippen molar-refractivity contribution in [2.24, 2.45) is 17.3 Å². The normalized spacial score (nSPS) is 18.8. The number of piperidine rings is 1. The predicted molar refractivity (Wildman–Crippen MR) is 201 cm³/mol. The minimum absolute atomic E-state index is 0.0240. The Labute approximate surface area is 311 Å². The summed E-state index contributed by atoms with van der Waals surface area (Å²) >= 11 is 6.17. The molecule has 0 spiro atoms. The van der Waals surface area contributed by atoms with E-state index in [9.17, 15) is 19.1 Å². The number of rotatable bonds is 13. The summed E-state index contributed by atoms with van der Waals surface area (Å²) in [6, 6.07) is 7.87. The van der Waals surface area contributed by atoms with Crippen molar-refractivity contribution in [2.75, 3.05) is 36.9 Å². The Morgan fingerprint density at radius 1 is 1.02 bits per heavy atom. The lowest BCUT2D eigenvalue weighted by atomic mass is 9.77. The molecule has 2 aromatic heterocycles. The average molecular weight is 756 g/mol. The van der Waals surface area contributed by atoms with Crippen molar-refractivity contribution >= 4 is 49.1 Å². The van der Waals surface area contributed by atoms with E-state index in [-0.39, 0.29) is 65.9 Å². The van der Waals surface area contributed by atoms with E-state index in [4.69, 9.17) is 20.8 Å². The van der Waals surface area contributed by atoms with Crippen molar-refractivity contribution in [3.63, 3.8) is 0 Å². The molecule has 1 aliphatic heterocycles. The number of halogens is 2. The molecule has 52 heavy (non-hydrogen) atoms. The summed E-state index contributed by atoms with van der Waals surface area (Å²) in [4.78, 5) is 36.8. The van der Waals surface area contributed by atoms with Gasteiger partial charge in [-0.05, 0) is 81.2 Å². The molecule has 282 valence electrons. The van der Waals surface area contributed by atoms with Gasteiger partial charge in [0.25, 0.3) is 0 Å². The SMILES string of the molecule is CC(C)(CO)COC(=O)C1CCN(C2CC(C(=O)Nc3cc(Nc4cc(-c5cc(Cl)ccc5F)nnc4CO[Si](C)(C)C(C)(C)C)ncn3)C2)CC1. The van der Waals surface area contributed by atoms with Crippen LogP contribution in [0.1, 0.15) is 66.0 Å². The van der Waals surface area contributed by atoms with E-state index in [0.29, 0.717) is 28.0 Å². The first-order valence-corrected chi connectivity index (χ1v) is 21.1. The number of ether oxygens (including phenoxy) is 1. The summed E-state index contributed by atoms with van der Waals surface area (Å²) in [6.07, 6.45) is 4.25. The Morgan fingerprint density at radius 2 is 1.71 bits per heavy atom. The van der Waals surface area contributed by atoms with Crippen LogP contribution in [-0.2, 0) is 25.4 Å². The number of anilines is 3. The molecule has 0 atom stereocenters. The minimum Gasteiger partial charge on any atom is -0.465 e. The molecule has 3 heterocycles. The van der Waals surface area contributed by atoms with Crippen LogP contribution >= 0.6 is 11.6 Å². The van der Waals surface area contributed by atoms with Crippen LogP contribution in [0.15, 0.2) is 36.7 Å². The van der Waals surface area contributed by atoms with Crippen LogP contribution in [0.4, 0.5) is 21.7 Å². The number of esters is 1. The topological polar surface area (TPSA) is 152 Å². The molecule has 2 fully saturated rings. The van der Waals surface area contributed by atoms with Crippen molar-refractivity contribution in [3.05, 3.63) is 53.2 Å². The van der Waals surface area contributed by atoms with E-state index in [1.165, 1.54) is 24.5 Å². The molecule has 0 unspecified atom stereocenters. The third-order valence-electron chi connectivity index (χ3n) is 10.5. The first kappa shape index (κ1) is 39.6. The van der Waals surface area contributed by atoms with E-state index in [2.05, 4.69) is 69.6 Å². The van der Waals surface area contributed by atoms with Gasteiger partial charge in [-0.3, -0.25) is 9.59 Å². The summed E-state index contributed by atoms with van der Waals surface area (Å²) in [7, 11) is -2.14. The maximum atomic E-state index is 14.8. The second-order valence-corrected chi connectivity index (χ2v) is 21.5. The van der Waals surface area contributed by atoms with Crippen LogP contribution in [0, 0.1) is 23.1 Å². The number of nitrogens with one attached hydrogen (secondary N) is 2. The van der Waals surface area contributed by atoms with Crippen LogP contribution in [0.3, 0.4) is 0 Å². The highest BCUT2D eigenvalue weighted by molar-refractivity contribution is 6.74. The number of benzene rings is 1. The number of likely N-dealkylation sites (tertiary alicyclic amines) is 1. The van der Waals surface area contributed by atoms with Crippen molar-refractivity contribution in [2.45, 2.75) is 91.1 Å². The summed E-state index contributed by atoms with van der Waals surface area (Å²) in [5.74, 6) is -0.342. The highest BCUT2D eigenvalue weighted by atomic mass is 35.5. The maximum Gasteiger partial charge on any atom is 0.309 e. The van der Waals surface area contributed by atoms with Gasteiger partial charge < -0.3 is 29.8 Å². The molecular formula is C37H51ClFN7O5Si. The van der Waals surface area contributed by atoms with E-state index >= 15 is 0 Å². The van der Waals surface area contributed by atoms with Gasteiger partial charge in [0.2, 0.25) is 5.91 Å². The van der Waals surface area contributed by atoms with Gasteiger partial charge in [-0.15, -0.1) is 5.10 Å². The number of carbonyl (C=O) groups excluding carboxylic acids is 2. The van der Waals surface area contributed by atoms with Gasteiger partial charge in [-0.1, -0.05) is 46.2 Å². The van der Waals surface area contributed by atoms with Crippen molar-refractivity contribution in [3.8, 4) is 11.3 Å². The Bertz CT molecular complexity index is 1740. The minimum atomic E-state index is -2.14. The van der Waals surface area contributed by atoms with Crippen molar-refractivity contribution in [1.82, 2.24) is 25.1 Å². The molecule has 1 saturated heterocycles. The molecule has 1 saturated carbocycles. The second kappa shape index (κ2) is 16.2. The Hall–Kier alpha value is -3.56. The van der Waals surface area contributed by atoms with E-state index in [0.717, 1.165) is 38.8 Å². The smallest absolute Gasteiger partial charge is 0.309 e. The lowest BCUT2D eigenvalue weighted by Gasteiger charge is -2.44. The highest BCUT2D eigenvalue weighted by Crippen LogP contribution is 2.38. The lowest BCUT2D eigenvalue weighted by molar-refractivity contribution is -0.154. The number of aliphatic hydroxyl groups excluding tert-OH is 1. The zero-order chi connectivity index (χ0) is 37.8. The molecule has 0 bridgehead atoms. The van der Waals surface area contributed by atoms with Gasteiger partial charge in [0, 0.05) is 34.0 Å². The number of amides is 1. The van der Waals surface area contributed by atoms with E-state index in [1.54, 1.807) is 12.1 Å². The monoisotopic (exact) mass is 755 g/mol. The molecule has 1 aromatic carbocycles. The molecule has 3 N–H and O–H groups in total. The van der Waals surface area contributed by atoms with Crippen LogP contribution in [0.25, 0.3) is 11.3 Å². The second-order valence-electron chi connectivity index (χ2n) is 16.2. The summed E-state index contributed by atoms with van der Waals surface area (Å²) in [5, 5.41) is 24.7. The van der Waals surface area contributed by atoms with Crippen LogP contribution < -0.4 is 10.6 Å². The maximum absolute atomic E-state index is 14.8. The average Bonchev–Trinajstić information content (AvgIpc) is 3.07. The third-order valence-corrected chi connectivity index (χ3v) is 15.2. The molecular weight excluding hydrogens is 705 g/mol. The van der Waals surface area contributed by atoms with Crippen molar-refractivity contribution < 1.29 is 28.2 Å².